The summed E-state index contributed by atoms with van der Waals surface area (Å²) in [6, 6.07) is 1.37. The van der Waals surface area contributed by atoms with Crippen molar-refractivity contribution in [3.63, 3.8) is 0 Å². The van der Waals surface area contributed by atoms with Crippen LogP contribution in [0.1, 0.15) is 21.7 Å². The van der Waals surface area contributed by atoms with Gasteiger partial charge < -0.3 is 10.5 Å². The van der Waals surface area contributed by atoms with E-state index < -0.39 is 17.4 Å². The fourth-order valence-electron chi connectivity index (χ4n) is 1.37. The summed E-state index contributed by atoms with van der Waals surface area (Å²) in [7, 11) is 1.24. The Labute approximate surface area is 88.8 Å². The molecule has 1 atom stereocenters. The fraction of sp³-hybridized carbons (Fsp3) is 0.444. The highest BCUT2D eigenvalue weighted by Gasteiger charge is 2.70. The van der Waals surface area contributed by atoms with Crippen LogP contribution in [0.25, 0.3) is 0 Å². The Bertz CT molecular complexity index is 418. The number of rotatable bonds is 2. The van der Waals surface area contributed by atoms with E-state index in [1.165, 1.54) is 18.6 Å². The molecule has 1 aromatic heterocycles. The lowest BCUT2D eigenvalue weighted by Crippen LogP contribution is -2.25. The zero-order chi connectivity index (χ0) is 11.3. The van der Waals surface area contributed by atoms with Crippen molar-refractivity contribution in [2.75, 3.05) is 7.11 Å². The van der Waals surface area contributed by atoms with Gasteiger partial charge in [-0.3, -0.25) is 0 Å². The van der Waals surface area contributed by atoms with E-state index >= 15 is 0 Å². The maximum absolute atomic E-state index is 12.9. The van der Waals surface area contributed by atoms with Gasteiger partial charge >= 0.3 is 5.97 Å². The molecular formula is C9H9F2NO2S. The Balaban J connectivity index is 2.26. The molecule has 2 N–H and O–H groups in total. The van der Waals surface area contributed by atoms with Gasteiger partial charge in [0.05, 0.1) is 12.7 Å². The Kier molecular flexibility index (Phi) is 2.09. The maximum Gasteiger partial charge on any atom is 0.338 e. The molecule has 0 aliphatic heterocycles. The predicted molar refractivity (Wildman–Crippen MR) is 51.1 cm³/mol. The van der Waals surface area contributed by atoms with E-state index in [4.69, 9.17) is 5.73 Å². The third-order valence-electron chi connectivity index (χ3n) is 2.49. The minimum Gasteiger partial charge on any atom is -0.465 e. The average Bonchev–Trinajstić information content (AvgIpc) is 2.57. The Morgan fingerprint density at radius 2 is 2.27 bits per heavy atom. The first kappa shape index (κ1) is 10.5. The van der Waals surface area contributed by atoms with E-state index in [9.17, 15) is 13.6 Å². The van der Waals surface area contributed by atoms with Gasteiger partial charge in [-0.2, -0.15) is 0 Å². The molecule has 6 heteroatoms. The van der Waals surface area contributed by atoms with Crippen LogP contribution in [0.2, 0.25) is 0 Å². The first-order valence-corrected chi connectivity index (χ1v) is 5.13. The molecule has 0 amide bonds. The zero-order valence-electron chi connectivity index (χ0n) is 7.92. The molecule has 2 rings (SSSR count). The zero-order valence-corrected chi connectivity index (χ0v) is 8.74. The molecule has 1 saturated carbocycles. The molecular weight excluding hydrogens is 224 g/mol. The average molecular weight is 233 g/mol. The topological polar surface area (TPSA) is 52.3 Å². The number of hydrogen-bond acceptors (Lipinski definition) is 4. The second kappa shape index (κ2) is 2.99. The van der Waals surface area contributed by atoms with Crippen LogP contribution in [-0.2, 0) is 10.3 Å². The molecule has 1 heterocycles. The van der Waals surface area contributed by atoms with Crippen molar-refractivity contribution in [2.45, 2.75) is 17.9 Å². The SMILES string of the molecule is COC(=O)c1csc(C2(N)CC2(F)F)c1. The summed E-state index contributed by atoms with van der Waals surface area (Å²) in [5, 5.41) is 1.48. The summed E-state index contributed by atoms with van der Waals surface area (Å²) >= 11 is 1.06. The second-order valence-corrected chi connectivity index (χ2v) is 4.46. The first-order chi connectivity index (χ1) is 6.90. The molecule has 15 heavy (non-hydrogen) atoms. The fourth-order valence-corrected chi connectivity index (χ4v) is 2.41. The van der Waals surface area contributed by atoms with Gasteiger partial charge in [-0.15, -0.1) is 11.3 Å². The van der Waals surface area contributed by atoms with E-state index in [1.807, 2.05) is 0 Å². The second-order valence-electron chi connectivity index (χ2n) is 3.54. The van der Waals surface area contributed by atoms with Gasteiger partial charge in [0.15, 0.2) is 0 Å². The molecule has 0 spiro atoms. The molecule has 82 valence electrons. The van der Waals surface area contributed by atoms with Crippen LogP contribution in [-0.4, -0.2) is 19.0 Å². The van der Waals surface area contributed by atoms with Crippen molar-refractivity contribution in [3.05, 3.63) is 21.9 Å². The standard InChI is InChI=1S/C9H9F2NO2S/c1-14-7(13)5-2-6(15-3-5)8(12)4-9(8,10)11/h2-3H,4,12H2,1H3. The van der Waals surface area contributed by atoms with Crippen molar-refractivity contribution in [2.24, 2.45) is 5.73 Å². The molecule has 3 nitrogen and oxygen atoms in total. The lowest BCUT2D eigenvalue weighted by Gasteiger charge is -2.06. The third kappa shape index (κ3) is 1.44. The molecule has 0 radical (unpaired) electrons. The number of methoxy groups -OCH3 is 1. The molecule has 0 saturated heterocycles. The van der Waals surface area contributed by atoms with Crippen molar-refractivity contribution in [1.29, 1.82) is 0 Å². The molecule has 1 aromatic rings. The van der Waals surface area contributed by atoms with Crippen LogP contribution in [0.5, 0.6) is 0 Å². The molecule has 1 unspecified atom stereocenters. The molecule has 1 aliphatic rings. The monoisotopic (exact) mass is 233 g/mol. The van der Waals surface area contributed by atoms with E-state index in [0.29, 0.717) is 4.88 Å². The summed E-state index contributed by atoms with van der Waals surface area (Å²) in [4.78, 5) is 11.4. The summed E-state index contributed by atoms with van der Waals surface area (Å²) in [6.45, 7) is 0. The van der Waals surface area contributed by atoms with Crippen molar-refractivity contribution in [3.8, 4) is 0 Å². The van der Waals surface area contributed by atoms with Crippen LogP contribution in [0, 0.1) is 0 Å². The van der Waals surface area contributed by atoms with Gasteiger partial charge in [-0.25, -0.2) is 13.6 Å². The van der Waals surface area contributed by atoms with Gasteiger partial charge in [-0.05, 0) is 6.07 Å². The molecule has 1 aliphatic carbocycles. The maximum atomic E-state index is 12.9. The highest BCUT2D eigenvalue weighted by molar-refractivity contribution is 7.10. The van der Waals surface area contributed by atoms with E-state index in [0.717, 1.165) is 11.3 Å². The smallest absolute Gasteiger partial charge is 0.338 e. The van der Waals surface area contributed by atoms with Gasteiger partial charge in [-0.1, -0.05) is 0 Å². The summed E-state index contributed by atoms with van der Waals surface area (Å²) in [5.74, 6) is -3.39. The Hall–Kier alpha value is -1.01. The van der Waals surface area contributed by atoms with Gasteiger partial charge in [0, 0.05) is 16.7 Å². The van der Waals surface area contributed by atoms with Crippen LogP contribution in [0.3, 0.4) is 0 Å². The summed E-state index contributed by atoms with van der Waals surface area (Å²) in [5.41, 5.74) is 4.20. The quantitative estimate of drug-likeness (QED) is 0.791. The van der Waals surface area contributed by atoms with Gasteiger partial charge in [0.25, 0.3) is 5.92 Å². The number of nitrogens with two attached hydrogens (primary N) is 1. The number of ether oxygens (including phenoxy) is 1. The number of carbonyl (C=O) groups is 1. The first-order valence-electron chi connectivity index (χ1n) is 4.25. The van der Waals surface area contributed by atoms with E-state index in [-0.39, 0.29) is 12.0 Å². The van der Waals surface area contributed by atoms with Crippen LogP contribution in [0.4, 0.5) is 8.78 Å². The summed E-state index contributed by atoms with van der Waals surface area (Å²) < 4.78 is 30.3. The number of alkyl halides is 2. The number of esters is 1. The van der Waals surface area contributed by atoms with Crippen molar-refractivity contribution < 1.29 is 18.3 Å². The highest BCUT2D eigenvalue weighted by atomic mass is 32.1. The normalized spacial score (nSPS) is 27.5. The Morgan fingerprint density at radius 1 is 1.67 bits per heavy atom. The van der Waals surface area contributed by atoms with Crippen LogP contribution in [0.15, 0.2) is 11.4 Å². The van der Waals surface area contributed by atoms with Gasteiger partial charge in [0.1, 0.15) is 5.54 Å². The van der Waals surface area contributed by atoms with E-state index in [1.54, 1.807) is 0 Å². The number of carbonyl (C=O) groups excluding carboxylic acids is 1. The minimum absolute atomic E-state index is 0.269. The Morgan fingerprint density at radius 3 is 2.73 bits per heavy atom. The largest absolute Gasteiger partial charge is 0.465 e. The summed E-state index contributed by atoms with van der Waals surface area (Å²) in [6.07, 6.45) is -0.360. The molecule has 0 aromatic carbocycles. The van der Waals surface area contributed by atoms with Crippen LogP contribution >= 0.6 is 11.3 Å². The highest BCUT2D eigenvalue weighted by Crippen LogP contribution is 2.58. The number of thiophene rings is 1. The third-order valence-corrected chi connectivity index (χ3v) is 3.60. The number of halogens is 2. The van der Waals surface area contributed by atoms with Crippen molar-refractivity contribution >= 4 is 17.3 Å². The molecule has 0 bridgehead atoms. The molecule has 1 fully saturated rings. The van der Waals surface area contributed by atoms with E-state index in [2.05, 4.69) is 4.74 Å². The lowest BCUT2D eigenvalue weighted by atomic mass is 10.2. The van der Waals surface area contributed by atoms with Crippen LogP contribution < -0.4 is 5.73 Å². The number of hydrogen-bond donors (Lipinski definition) is 1. The van der Waals surface area contributed by atoms with Crippen molar-refractivity contribution in [1.82, 2.24) is 0 Å². The lowest BCUT2D eigenvalue weighted by molar-refractivity contribution is 0.0600. The minimum atomic E-state index is -2.86. The predicted octanol–water partition coefficient (Wildman–Crippen LogP) is 1.73. The van der Waals surface area contributed by atoms with Gasteiger partial charge in [0.2, 0.25) is 0 Å².